The summed E-state index contributed by atoms with van der Waals surface area (Å²) < 4.78 is 0. The summed E-state index contributed by atoms with van der Waals surface area (Å²) in [7, 11) is 0. The van der Waals surface area contributed by atoms with E-state index in [1.54, 1.807) is 13.0 Å². The highest BCUT2D eigenvalue weighted by Gasteiger charge is 2.17. The molecule has 1 aromatic heterocycles. The number of carboxylic acids is 1. The van der Waals surface area contributed by atoms with Crippen molar-refractivity contribution < 1.29 is 9.90 Å². The third-order valence-electron chi connectivity index (χ3n) is 2.82. The van der Waals surface area contributed by atoms with Crippen molar-refractivity contribution in [3.63, 3.8) is 0 Å². The molecule has 4 nitrogen and oxygen atoms in total. The molecule has 18 heavy (non-hydrogen) atoms. The van der Waals surface area contributed by atoms with E-state index in [2.05, 4.69) is 4.98 Å². The molecule has 0 spiro atoms. The van der Waals surface area contributed by atoms with Crippen molar-refractivity contribution in [2.45, 2.75) is 13.8 Å². The van der Waals surface area contributed by atoms with Crippen molar-refractivity contribution in [1.82, 2.24) is 4.98 Å². The monoisotopic (exact) mass is 243 g/mol. The summed E-state index contributed by atoms with van der Waals surface area (Å²) in [6, 6.07) is 9.09. The zero-order chi connectivity index (χ0) is 13.3. The zero-order valence-electron chi connectivity index (χ0n) is 10.2. The number of carboxylic acid groups (broad SMARTS) is 1. The largest absolute Gasteiger partial charge is 0.477 e. The van der Waals surface area contributed by atoms with Crippen molar-refractivity contribution in [2.75, 3.05) is 0 Å². The third kappa shape index (κ3) is 2.05. The Hall–Kier alpha value is -2.36. The lowest BCUT2D eigenvalue weighted by atomic mass is 9.96. The number of hydrogen-bond donors (Lipinski definition) is 2. The fourth-order valence-electron chi connectivity index (χ4n) is 1.99. The number of carbonyl (C=O) groups is 1. The topological polar surface area (TPSA) is 70.2 Å². The normalized spacial score (nSPS) is 10.3. The molecule has 0 amide bonds. The molecular formula is C14H13NO3. The average molecular weight is 243 g/mol. The van der Waals surface area contributed by atoms with Gasteiger partial charge >= 0.3 is 5.97 Å². The highest BCUT2D eigenvalue weighted by atomic mass is 16.4. The van der Waals surface area contributed by atoms with E-state index >= 15 is 0 Å². The molecule has 2 aromatic rings. The van der Waals surface area contributed by atoms with E-state index in [1.165, 1.54) is 0 Å². The molecule has 1 aromatic carbocycles. The number of aryl methyl sites for hydroxylation is 2. The van der Waals surface area contributed by atoms with E-state index in [-0.39, 0.29) is 5.56 Å². The van der Waals surface area contributed by atoms with Gasteiger partial charge in [0.15, 0.2) is 0 Å². The first kappa shape index (κ1) is 12.1. The van der Waals surface area contributed by atoms with Gasteiger partial charge in [-0.15, -0.1) is 0 Å². The van der Waals surface area contributed by atoms with Gasteiger partial charge in [0, 0.05) is 11.3 Å². The van der Waals surface area contributed by atoms with Crippen molar-refractivity contribution in [3.8, 4) is 11.1 Å². The van der Waals surface area contributed by atoms with Crippen LogP contribution in [0.15, 0.2) is 35.1 Å². The lowest BCUT2D eigenvalue weighted by molar-refractivity contribution is 0.0696. The number of aromatic nitrogens is 1. The minimum absolute atomic E-state index is 0.213. The van der Waals surface area contributed by atoms with Crippen LogP contribution in [-0.4, -0.2) is 16.1 Å². The van der Waals surface area contributed by atoms with E-state index in [9.17, 15) is 9.59 Å². The fourth-order valence-corrected chi connectivity index (χ4v) is 1.99. The first-order valence-corrected chi connectivity index (χ1v) is 5.54. The molecular weight excluding hydrogens is 230 g/mol. The first-order valence-electron chi connectivity index (χ1n) is 5.54. The molecule has 92 valence electrons. The van der Waals surface area contributed by atoms with E-state index in [4.69, 9.17) is 5.11 Å². The van der Waals surface area contributed by atoms with Gasteiger partial charge in [-0.2, -0.15) is 0 Å². The van der Waals surface area contributed by atoms with Gasteiger partial charge < -0.3 is 10.1 Å². The second-order valence-electron chi connectivity index (χ2n) is 4.19. The molecule has 0 bridgehead atoms. The summed E-state index contributed by atoms with van der Waals surface area (Å²) in [5.41, 5.74) is 2.02. The third-order valence-corrected chi connectivity index (χ3v) is 2.82. The summed E-state index contributed by atoms with van der Waals surface area (Å²) >= 11 is 0. The molecule has 0 unspecified atom stereocenters. The zero-order valence-corrected chi connectivity index (χ0v) is 10.2. The Balaban J connectivity index is 2.83. The van der Waals surface area contributed by atoms with Crippen molar-refractivity contribution in [2.24, 2.45) is 0 Å². The number of aromatic carboxylic acids is 1. The second-order valence-corrected chi connectivity index (χ2v) is 4.19. The number of benzene rings is 1. The van der Waals surface area contributed by atoms with Crippen molar-refractivity contribution in [1.29, 1.82) is 0 Å². The van der Waals surface area contributed by atoms with Gasteiger partial charge in [-0.3, -0.25) is 4.79 Å². The molecule has 0 atom stereocenters. The number of hydrogen-bond acceptors (Lipinski definition) is 2. The van der Waals surface area contributed by atoms with Crippen LogP contribution >= 0.6 is 0 Å². The predicted octanol–water partition coefficient (Wildman–Crippen LogP) is 2.36. The molecule has 1 heterocycles. The Morgan fingerprint density at radius 3 is 2.44 bits per heavy atom. The molecule has 0 saturated carbocycles. The highest BCUT2D eigenvalue weighted by Crippen LogP contribution is 2.25. The standard InChI is InChI=1S/C14H13NO3/c1-8-5-3-4-6-10(8)11-7-9(2)15-13(16)12(11)14(17)18/h3-7H,1-2H3,(H,15,16)(H,17,18). The highest BCUT2D eigenvalue weighted by molar-refractivity contribution is 5.96. The fraction of sp³-hybridized carbons (Fsp3) is 0.143. The Morgan fingerprint density at radius 1 is 1.17 bits per heavy atom. The number of rotatable bonds is 2. The van der Waals surface area contributed by atoms with E-state index in [1.807, 2.05) is 31.2 Å². The summed E-state index contributed by atoms with van der Waals surface area (Å²) in [6.07, 6.45) is 0. The van der Waals surface area contributed by atoms with Gasteiger partial charge in [-0.05, 0) is 31.0 Å². The maximum atomic E-state index is 11.8. The van der Waals surface area contributed by atoms with Crippen LogP contribution < -0.4 is 5.56 Å². The maximum Gasteiger partial charge on any atom is 0.341 e. The molecule has 0 radical (unpaired) electrons. The lowest BCUT2D eigenvalue weighted by Gasteiger charge is -2.09. The number of H-pyrrole nitrogens is 1. The van der Waals surface area contributed by atoms with E-state index in [0.717, 1.165) is 11.1 Å². The Kier molecular flexibility index (Phi) is 3.02. The number of nitrogens with one attached hydrogen (secondary N) is 1. The summed E-state index contributed by atoms with van der Waals surface area (Å²) in [5, 5.41) is 9.17. The van der Waals surface area contributed by atoms with Gasteiger partial charge in [0.25, 0.3) is 5.56 Å². The Morgan fingerprint density at radius 2 is 1.83 bits per heavy atom. The van der Waals surface area contributed by atoms with Crippen LogP contribution in [0.2, 0.25) is 0 Å². The molecule has 2 N–H and O–H groups in total. The molecule has 4 heteroatoms. The van der Waals surface area contributed by atoms with Gasteiger partial charge in [0.05, 0.1) is 0 Å². The van der Waals surface area contributed by atoms with Crippen LogP contribution in [0, 0.1) is 13.8 Å². The maximum absolute atomic E-state index is 11.8. The summed E-state index contributed by atoms with van der Waals surface area (Å²) in [4.78, 5) is 25.5. The first-order chi connectivity index (χ1) is 8.50. The minimum Gasteiger partial charge on any atom is -0.477 e. The second kappa shape index (κ2) is 4.49. The lowest BCUT2D eigenvalue weighted by Crippen LogP contribution is -2.19. The van der Waals surface area contributed by atoms with E-state index in [0.29, 0.717) is 11.3 Å². The average Bonchev–Trinajstić information content (AvgIpc) is 2.27. The van der Waals surface area contributed by atoms with E-state index < -0.39 is 11.5 Å². The SMILES string of the molecule is Cc1cc(-c2ccccc2C)c(C(=O)O)c(=O)[nH]1. The molecule has 0 aliphatic rings. The van der Waals surface area contributed by atoms with Crippen LogP contribution in [0.5, 0.6) is 0 Å². The van der Waals surface area contributed by atoms with Crippen LogP contribution in [0.25, 0.3) is 11.1 Å². The molecule has 0 aliphatic heterocycles. The van der Waals surface area contributed by atoms with Gasteiger partial charge in [0.2, 0.25) is 0 Å². The molecule has 0 fully saturated rings. The number of pyridine rings is 1. The van der Waals surface area contributed by atoms with Crippen LogP contribution in [0.1, 0.15) is 21.6 Å². The van der Waals surface area contributed by atoms with Crippen LogP contribution in [0.3, 0.4) is 0 Å². The van der Waals surface area contributed by atoms with Crippen LogP contribution in [0.4, 0.5) is 0 Å². The van der Waals surface area contributed by atoms with Gasteiger partial charge in [-0.1, -0.05) is 24.3 Å². The smallest absolute Gasteiger partial charge is 0.341 e. The molecule has 0 saturated heterocycles. The van der Waals surface area contributed by atoms with Crippen molar-refractivity contribution in [3.05, 3.63) is 57.5 Å². The number of aromatic amines is 1. The van der Waals surface area contributed by atoms with Crippen molar-refractivity contribution >= 4 is 5.97 Å². The Bertz CT molecular complexity index is 671. The van der Waals surface area contributed by atoms with Crippen LogP contribution in [-0.2, 0) is 0 Å². The summed E-state index contributed by atoms with van der Waals surface area (Å²) in [5.74, 6) is -1.21. The molecule has 0 aliphatic carbocycles. The minimum atomic E-state index is -1.21. The molecule has 2 rings (SSSR count). The predicted molar refractivity (Wildman–Crippen MR) is 68.9 cm³/mol. The van der Waals surface area contributed by atoms with Gasteiger partial charge in [-0.25, -0.2) is 4.79 Å². The van der Waals surface area contributed by atoms with Gasteiger partial charge in [0.1, 0.15) is 5.56 Å². The quantitative estimate of drug-likeness (QED) is 0.850. The Labute approximate surface area is 104 Å². The summed E-state index contributed by atoms with van der Waals surface area (Å²) in [6.45, 7) is 3.62.